The Morgan fingerprint density at radius 1 is 1.62 bits per heavy atom. The van der Waals surface area contributed by atoms with Gasteiger partial charge in [0.05, 0.1) is 0 Å². The lowest BCUT2D eigenvalue weighted by molar-refractivity contribution is 0.115. The van der Waals surface area contributed by atoms with Gasteiger partial charge in [0, 0.05) is 31.2 Å². The van der Waals surface area contributed by atoms with E-state index in [0.29, 0.717) is 5.92 Å². The van der Waals surface area contributed by atoms with E-state index in [2.05, 4.69) is 19.9 Å². The number of nitrogens with two attached hydrogens (primary N) is 1. The van der Waals surface area contributed by atoms with Crippen molar-refractivity contribution in [2.24, 2.45) is 11.8 Å². The first kappa shape index (κ1) is 11.7. The zero-order chi connectivity index (χ0) is 11.4. The number of nitrogens with zero attached hydrogens (tertiary/aromatic N) is 3. The van der Waals surface area contributed by atoms with Crippen LogP contribution in [-0.4, -0.2) is 39.3 Å². The third-order valence-corrected chi connectivity index (χ3v) is 3.62. The van der Waals surface area contributed by atoms with E-state index >= 15 is 0 Å². The summed E-state index contributed by atoms with van der Waals surface area (Å²) in [7, 11) is 0. The van der Waals surface area contributed by atoms with Gasteiger partial charge in [-0.3, -0.25) is 4.90 Å². The van der Waals surface area contributed by atoms with Crippen molar-refractivity contribution >= 4 is 16.5 Å². The van der Waals surface area contributed by atoms with Crippen LogP contribution in [0.25, 0.3) is 0 Å². The maximum absolute atomic E-state index is 9.15. The first-order chi connectivity index (χ1) is 7.83. The van der Waals surface area contributed by atoms with Crippen molar-refractivity contribution in [2.45, 2.75) is 19.4 Å². The molecule has 0 aliphatic carbocycles. The standard InChI is InChI=1S/C9H17N5OS/c10-11-9-8(12-13-16-9)5-14-3-1-2-7(4-14)6-15/h7,11,15H,1-6,10H2. The number of aliphatic hydroxyl groups excluding tert-OH is 1. The molecule has 16 heavy (non-hydrogen) atoms. The largest absolute Gasteiger partial charge is 0.396 e. The number of likely N-dealkylation sites (tertiary alicyclic amines) is 1. The number of aliphatic hydroxyl groups is 1. The van der Waals surface area contributed by atoms with Crippen LogP contribution >= 0.6 is 11.5 Å². The van der Waals surface area contributed by atoms with Crippen molar-refractivity contribution in [1.29, 1.82) is 0 Å². The molecule has 0 saturated carbocycles. The number of anilines is 1. The van der Waals surface area contributed by atoms with Crippen molar-refractivity contribution in [3.63, 3.8) is 0 Å². The summed E-state index contributed by atoms with van der Waals surface area (Å²) in [5.74, 6) is 5.77. The minimum Gasteiger partial charge on any atom is -0.396 e. The Hall–Kier alpha value is -0.760. The molecule has 1 unspecified atom stereocenters. The average molecular weight is 243 g/mol. The molecule has 90 valence electrons. The fraction of sp³-hybridized carbons (Fsp3) is 0.778. The summed E-state index contributed by atoms with van der Waals surface area (Å²) in [6, 6.07) is 0. The topological polar surface area (TPSA) is 87.3 Å². The van der Waals surface area contributed by atoms with E-state index in [9.17, 15) is 0 Å². The van der Waals surface area contributed by atoms with Crippen LogP contribution < -0.4 is 11.3 Å². The van der Waals surface area contributed by atoms with Gasteiger partial charge in [-0.25, -0.2) is 5.84 Å². The molecule has 0 radical (unpaired) electrons. The fourth-order valence-corrected chi connectivity index (χ4v) is 2.56. The number of piperidine rings is 1. The van der Waals surface area contributed by atoms with E-state index in [0.717, 1.165) is 43.2 Å². The number of hydrogen-bond donors (Lipinski definition) is 3. The van der Waals surface area contributed by atoms with E-state index < -0.39 is 0 Å². The van der Waals surface area contributed by atoms with Gasteiger partial charge in [0.15, 0.2) is 0 Å². The van der Waals surface area contributed by atoms with Crippen molar-refractivity contribution in [2.75, 3.05) is 25.1 Å². The summed E-state index contributed by atoms with van der Waals surface area (Å²) >= 11 is 1.27. The molecule has 0 amide bonds. The Morgan fingerprint density at radius 3 is 3.25 bits per heavy atom. The second kappa shape index (κ2) is 5.53. The van der Waals surface area contributed by atoms with Gasteiger partial charge in [-0.2, -0.15) is 0 Å². The highest BCUT2D eigenvalue weighted by Gasteiger charge is 2.21. The van der Waals surface area contributed by atoms with Crippen LogP contribution in [0.2, 0.25) is 0 Å². The van der Waals surface area contributed by atoms with Gasteiger partial charge in [-0.1, -0.05) is 4.49 Å². The zero-order valence-corrected chi connectivity index (χ0v) is 9.91. The van der Waals surface area contributed by atoms with Crippen molar-refractivity contribution in [3.8, 4) is 0 Å². The summed E-state index contributed by atoms with van der Waals surface area (Å²) < 4.78 is 3.87. The van der Waals surface area contributed by atoms with Crippen molar-refractivity contribution in [3.05, 3.63) is 5.69 Å². The second-order valence-corrected chi connectivity index (χ2v) is 4.87. The number of nitrogen functional groups attached to an aromatic ring is 1. The highest BCUT2D eigenvalue weighted by Crippen LogP contribution is 2.21. The molecule has 0 spiro atoms. The van der Waals surface area contributed by atoms with Crippen LogP contribution in [0.3, 0.4) is 0 Å². The maximum Gasteiger partial charge on any atom is 0.148 e. The van der Waals surface area contributed by atoms with Gasteiger partial charge < -0.3 is 10.5 Å². The predicted octanol–water partition coefficient (Wildman–Crippen LogP) is 0.0280. The molecule has 1 fully saturated rings. The highest BCUT2D eigenvalue weighted by atomic mass is 32.1. The quantitative estimate of drug-likeness (QED) is 0.511. The molecule has 1 aliphatic rings. The zero-order valence-electron chi connectivity index (χ0n) is 9.09. The summed E-state index contributed by atoms with van der Waals surface area (Å²) in [4.78, 5) is 2.29. The molecule has 6 nitrogen and oxygen atoms in total. The lowest BCUT2D eigenvalue weighted by atomic mass is 9.99. The maximum atomic E-state index is 9.15. The van der Waals surface area contributed by atoms with Crippen LogP contribution in [-0.2, 0) is 6.54 Å². The second-order valence-electron chi connectivity index (χ2n) is 4.12. The third-order valence-electron chi connectivity index (χ3n) is 2.92. The van der Waals surface area contributed by atoms with E-state index in [1.807, 2.05) is 0 Å². The Kier molecular flexibility index (Phi) is 4.05. The third kappa shape index (κ3) is 2.67. The van der Waals surface area contributed by atoms with E-state index in [4.69, 9.17) is 10.9 Å². The SMILES string of the molecule is NNc1snnc1CN1CCCC(CO)C1. The number of rotatable bonds is 4. The normalized spacial score (nSPS) is 22.2. The van der Waals surface area contributed by atoms with Crippen LogP contribution in [0, 0.1) is 5.92 Å². The molecule has 2 rings (SSSR count). The van der Waals surface area contributed by atoms with E-state index in [1.165, 1.54) is 11.5 Å². The Bertz CT molecular complexity index is 331. The van der Waals surface area contributed by atoms with Gasteiger partial charge in [0.2, 0.25) is 0 Å². The number of nitrogens with one attached hydrogen (secondary N) is 1. The Labute approximate surface area is 98.6 Å². The molecule has 7 heteroatoms. The number of hydrazine groups is 1. The summed E-state index contributed by atoms with van der Waals surface area (Å²) in [6.07, 6.45) is 2.25. The highest BCUT2D eigenvalue weighted by molar-refractivity contribution is 7.10. The van der Waals surface area contributed by atoms with E-state index in [-0.39, 0.29) is 6.61 Å². The lowest BCUT2D eigenvalue weighted by Crippen LogP contribution is -2.36. The van der Waals surface area contributed by atoms with Gasteiger partial charge in [-0.15, -0.1) is 5.10 Å². The molecule has 0 aromatic carbocycles. The van der Waals surface area contributed by atoms with Crippen molar-refractivity contribution < 1.29 is 5.11 Å². The van der Waals surface area contributed by atoms with Crippen LogP contribution in [0.1, 0.15) is 18.5 Å². The predicted molar refractivity (Wildman–Crippen MR) is 62.8 cm³/mol. The smallest absolute Gasteiger partial charge is 0.148 e. The van der Waals surface area contributed by atoms with Crippen LogP contribution in [0.15, 0.2) is 0 Å². The van der Waals surface area contributed by atoms with Gasteiger partial charge in [-0.05, 0) is 25.3 Å². The fourth-order valence-electron chi connectivity index (χ4n) is 2.08. The van der Waals surface area contributed by atoms with Gasteiger partial charge in [0.1, 0.15) is 10.7 Å². The first-order valence-corrected chi connectivity index (χ1v) is 6.22. The molecule has 4 N–H and O–H groups in total. The summed E-state index contributed by atoms with van der Waals surface area (Å²) in [6.45, 7) is 3.01. The Balaban J connectivity index is 1.93. The molecular weight excluding hydrogens is 226 g/mol. The Morgan fingerprint density at radius 2 is 2.50 bits per heavy atom. The summed E-state index contributed by atoms with van der Waals surface area (Å²) in [5.41, 5.74) is 3.50. The molecule has 2 heterocycles. The molecule has 1 aromatic rings. The van der Waals surface area contributed by atoms with Gasteiger partial charge >= 0.3 is 0 Å². The minimum atomic E-state index is 0.272. The van der Waals surface area contributed by atoms with Crippen LogP contribution in [0.5, 0.6) is 0 Å². The number of hydrogen-bond acceptors (Lipinski definition) is 7. The number of aromatic nitrogens is 2. The molecule has 0 bridgehead atoms. The molecule has 1 aliphatic heterocycles. The van der Waals surface area contributed by atoms with Gasteiger partial charge in [0.25, 0.3) is 0 Å². The first-order valence-electron chi connectivity index (χ1n) is 5.44. The summed E-state index contributed by atoms with van der Waals surface area (Å²) in [5, 5.41) is 14.0. The van der Waals surface area contributed by atoms with Crippen molar-refractivity contribution in [1.82, 2.24) is 14.5 Å². The minimum absolute atomic E-state index is 0.272. The molecular formula is C9H17N5OS. The molecule has 1 aromatic heterocycles. The molecule has 1 saturated heterocycles. The monoisotopic (exact) mass is 243 g/mol. The van der Waals surface area contributed by atoms with E-state index in [1.54, 1.807) is 0 Å². The molecule has 1 atom stereocenters. The lowest BCUT2D eigenvalue weighted by Gasteiger charge is -2.31. The van der Waals surface area contributed by atoms with Crippen LogP contribution in [0.4, 0.5) is 5.00 Å². The average Bonchev–Trinajstić information content (AvgIpc) is 2.76.